The maximum atomic E-state index is 12.7. The lowest BCUT2D eigenvalue weighted by molar-refractivity contribution is 0.136. The Labute approximate surface area is 118 Å². The normalized spacial score (nSPS) is 29.9. The van der Waals surface area contributed by atoms with Crippen LogP contribution >= 0.6 is 0 Å². The van der Waals surface area contributed by atoms with E-state index in [1.54, 1.807) is 0 Å². The molecule has 0 radical (unpaired) electrons. The molecule has 2 aliphatic rings. The molecular formula is C17H20N2O. The van der Waals surface area contributed by atoms with E-state index < -0.39 is 0 Å². The van der Waals surface area contributed by atoms with Crippen molar-refractivity contribution in [3.05, 3.63) is 46.9 Å². The molecular weight excluding hydrogens is 248 g/mol. The lowest BCUT2D eigenvalue weighted by atomic mass is 9.97. The first-order chi connectivity index (χ1) is 9.74. The summed E-state index contributed by atoms with van der Waals surface area (Å²) in [6, 6.07) is 11.7. The van der Waals surface area contributed by atoms with Gasteiger partial charge in [-0.3, -0.25) is 4.79 Å². The van der Waals surface area contributed by atoms with Gasteiger partial charge in [0, 0.05) is 29.7 Å². The van der Waals surface area contributed by atoms with Gasteiger partial charge >= 0.3 is 0 Å². The molecule has 2 bridgehead atoms. The third-order valence-electron chi connectivity index (χ3n) is 5.31. The minimum Gasteiger partial charge on any atom is -0.312 e. The summed E-state index contributed by atoms with van der Waals surface area (Å²) >= 11 is 0. The second-order valence-corrected chi connectivity index (χ2v) is 6.29. The fraction of sp³-hybridized carbons (Fsp3) is 0.471. The molecule has 0 N–H and O–H groups in total. The van der Waals surface area contributed by atoms with Gasteiger partial charge in [-0.05, 0) is 50.2 Å². The summed E-state index contributed by atoms with van der Waals surface area (Å²) < 4.78 is 1.99. The molecule has 20 heavy (non-hydrogen) atoms. The molecule has 0 amide bonds. The van der Waals surface area contributed by atoms with Crippen LogP contribution in [-0.4, -0.2) is 28.6 Å². The molecule has 3 nitrogen and oxygen atoms in total. The van der Waals surface area contributed by atoms with Crippen LogP contribution in [0.1, 0.15) is 31.7 Å². The summed E-state index contributed by atoms with van der Waals surface area (Å²) in [5, 5.41) is 1.89. The minimum atomic E-state index is 0.178. The van der Waals surface area contributed by atoms with Crippen molar-refractivity contribution in [1.82, 2.24) is 9.47 Å². The van der Waals surface area contributed by atoms with E-state index in [4.69, 9.17) is 0 Å². The number of rotatable bonds is 1. The Bertz CT molecular complexity index is 691. The molecule has 2 aliphatic heterocycles. The second-order valence-electron chi connectivity index (χ2n) is 6.29. The number of aromatic nitrogens is 1. The standard InChI is InChI=1S/C17H20N2O/c1-18-13-6-7-14(18)11-15(10-13)19-9-8-12-4-2-3-5-16(12)17(19)20/h2-5,8-9,13-15H,6-7,10-11H2,1H3. The summed E-state index contributed by atoms with van der Waals surface area (Å²) in [6.07, 6.45) is 6.82. The zero-order valence-electron chi connectivity index (χ0n) is 11.8. The molecule has 0 saturated carbocycles. The number of pyridine rings is 1. The minimum absolute atomic E-state index is 0.178. The van der Waals surface area contributed by atoms with Gasteiger partial charge in [-0.2, -0.15) is 0 Å². The van der Waals surface area contributed by atoms with E-state index in [1.165, 1.54) is 12.8 Å². The predicted octanol–water partition coefficient (Wildman–Crippen LogP) is 2.80. The lowest BCUT2D eigenvalue weighted by Gasteiger charge is -2.37. The van der Waals surface area contributed by atoms with Gasteiger partial charge in [-0.1, -0.05) is 18.2 Å². The Balaban J connectivity index is 1.76. The third-order valence-corrected chi connectivity index (χ3v) is 5.31. The van der Waals surface area contributed by atoms with Crippen LogP contribution in [0.25, 0.3) is 10.8 Å². The van der Waals surface area contributed by atoms with Crippen molar-refractivity contribution in [2.24, 2.45) is 0 Å². The summed E-state index contributed by atoms with van der Waals surface area (Å²) in [4.78, 5) is 15.2. The number of piperidine rings is 1. The number of benzene rings is 1. The number of fused-ring (bicyclic) bond motifs is 3. The maximum absolute atomic E-state index is 12.7. The van der Waals surface area contributed by atoms with E-state index >= 15 is 0 Å². The molecule has 2 saturated heterocycles. The van der Waals surface area contributed by atoms with Crippen molar-refractivity contribution in [3.63, 3.8) is 0 Å². The Morgan fingerprint density at radius 2 is 1.70 bits per heavy atom. The van der Waals surface area contributed by atoms with Gasteiger partial charge in [0.25, 0.3) is 5.56 Å². The van der Waals surface area contributed by atoms with Crippen molar-refractivity contribution in [2.45, 2.75) is 43.8 Å². The van der Waals surface area contributed by atoms with E-state index in [2.05, 4.69) is 18.0 Å². The summed E-state index contributed by atoms with van der Waals surface area (Å²) in [6.45, 7) is 0. The number of hydrogen-bond acceptors (Lipinski definition) is 2. The van der Waals surface area contributed by atoms with E-state index in [-0.39, 0.29) is 5.56 Å². The van der Waals surface area contributed by atoms with Gasteiger partial charge in [0.1, 0.15) is 0 Å². The Kier molecular flexibility index (Phi) is 2.71. The van der Waals surface area contributed by atoms with Crippen LogP contribution in [0.4, 0.5) is 0 Å². The van der Waals surface area contributed by atoms with Crippen LogP contribution < -0.4 is 5.56 Å². The molecule has 2 fully saturated rings. The van der Waals surface area contributed by atoms with Crippen molar-refractivity contribution in [3.8, 4) is 0 Å². The first-order valence-electron chi connectivity index (χ1n) is 7.56. The molecule has 2 unspecified atom stereocenters. The van der Waals surface area contributed by atoms with Crippen LogP contribution in [0.5, 0.6) is 0 Å². The van der Waals surface area contributed by atoms with Gasteiger partial charge in [0.2, 0.25) is 0 Å². The summed E-state index contributed by atoms with van der Waals surface area (Å²) in [5.41, 5.74) is 0.178. The fourth-order valence-corrected chi connectivity index (χ4v) is 4.10. The highest BCUT2D eigenvalue weighted by atomic mass is 16.1. The van der Waals surface area contributed by atoms with Crippen LogP contribution in [-0.2, 0) is 0 Å². The summed E-state index contributed by atoms with van der Waals surface area (Å²) in [7, 11) is 2.24. The molecule has 104 valence electrons. The quantitative estimate of drug-likeness (QED) is 0.794. The average molecular weight is 268 g/mol. The highest BCUT2D eigenvalue weighted by molar-refractivity contribution is 5.81. The van der Waals surface area contributed by atoms with Crippen LogP contribution in [0.3, 0.4) is 0 Å². The molecule has 0 aliphatic carbocycles. The lowest BCUT2D eigenvalue weighted by Crippen LogP contribution is -2.42. The molecule has 3 heteroatoms. The molecule has 1 aromatic carbocycles. The van der Waals surface area contributed by atoms with E-state index in [9.17, 15) is 4.79 Å². The van der Waals surface area contributed by atoms with Crippen molar-refractivity contribution < 1.29 is 0 Å². The van der Waals surface area contributed by atoms with Gasteiger partial charge in [-0.15, -0.1) is 0 Å². The largest absolute Gasteiger partial charge is 0.312 e. The number of nitrogens with zero attached hydrogens (tertiary/aromatic N) is 2. The second kappa shape index (κ2) is 4.45. The predicted molar refractivity (Wildman–Crippen MR) is 81.1 cm³/mol. The average Bonchev–Trinajstić information content (AvgIpc) is 2.70. The smallest absolute Gasteiger partial charge is 0.258 e. The highest BCUT2D eigenvalue weighted by Crippen LogP contribution is 2.39. The Morgan fingerprint density at radius 3 is 2.45 bits per heavy atom. The highest BCUT2D eigenvalue weighted by Gasteiger charge is 2.39. The molecule has 2 aromatic rings. The molecule has 1 aromatic heterocycles. The van der Waals surface area contributed by atoms with E-state index in [1.807, 2.05) is 35.0 Å². The molecule has 0 spiro atoms. The van der Waals surface area contributed by atoms with E-state index in [0.717, 1.165) is 23.6 Å². The maximum Gasteiger partial charge on any atom is 0.258 e. The Morgan fingerprint density at radius 1 is 1.00 bits per heavy atom. The van der Waals surface area contributed by atoms with Crippen LogP contribution in [0, 0.1) is 0 Å². The third kappa shape index (κ3) is 1.73. The monoisotopic (exact) mass is 268 g/mol. The van der Waals surface area contributed by atoms with Crippen molar-refractivity contribution >= 4 is 10.8 Å². The summed E-state index contributed by atoms with van der Waals surface area (Å²) in [5.74, 6) is 0. The first-order valence-corrected chi connectivity index (χ1v) is 7.56. The number of hydrogen-bond donors (Lipinski definition) is 0. The zero-order chi connectivity index (χ0) is 13.7. The Hall–Kier alpha value is -1.61. The molecule has 4 rings (SSSR count). The van der Waals surface area contributed by atoms with Crippen LogP contribution in [0.15, 0.2) is 41.3 Å². The van der Waals surface area contributed by atoms with Gasteiger partial charge in [-0.25, -0.2) is 0 Å². The van der Waals surface area contributed by atoms with Crippen molar-refractivity contribution in [2.75, 3.05) is 7.05 Å². The SMILES string of the molecule is CN1C2CCC1CC(n1ccc3ccccc3c1=O)C2. The van der Waals surface area contributed by atoms with Gasteiger partial charge in [0.05, 0.1) is 0 Å². The van der Waals surface area contributed by atoms with Gasteiger partial charge < -0.3 is 9.47 Å². The topological polar surface area (TPSA) is 25.2 Å². The zero-order valence-corrected chi connectivity index (χ0v) is 11.8. The van der Waals surface area contributed by atoms with Crippen molar-refractivity contribution in [1.29, 1.82) is 0 Å². The molecule has 2 atom stereocenters. The first kappa shape index (κ1) is 12.2. The van der Waals surface area contributed by atoms with Gasteiger partial charge in [0.15, 0.2) is 0 Å². The molecule has 3 heterocycles. The van der Waals surface area contributed by atoms with Crippen LogP contribution in [0.2, 0.25) is 0 Å². The fourth-order valence-electron chi connectivity index (χ4n) is 4.10. The van der Waals surface area contributed by atoms with E-state index in [0.29, 0.717) is 18.1 Å².